The van der Waals surface area contributed by atoms with E-state index in [-0.39, 0.29) is 20.9 Å². The maximum Gasteiger partial charge on any atom is 0.224 e. The van der Waals surface area contributed by atoms with Crippen LogP contribution in [0.2, 0.25) is 0 Å². The average Bonchev–Trinajstić information content (AvgIpc) is 3.08. The Morgan fingerprint density at radius 1 is 1.34 bits per heavy atom. The molecule has 0 saturated heterocycles. The molecule has 6 nitrogen and oxygen atoms in total. The Morgan fingerprint density at radius 3 is 2.97 bits per heavy atom. The van der Waals surface area contributed by atoms with Gasteiger partial charge in [-0.3, -0.25) is 5.32 Å². The van der Waals surface area contributed by atoms with Crippen molar-refractivity contribution in [3.63, 3.8) is 0 Å². The lowest BCUT2D eigenvalue weighted by Crippen LogP contribution is -2.32. The molecular formula is C22H33FN5O. The Labute approximate surface area is 174 Å². The molecule has 2 N–H and O–H groups in total. The number of likely N-dealkylation sites (N-methyl/N-ethyl adjacent to an activating group) is 1. The summed E-state index contributed by atoms with van der Waals surface area (Å²) in [6.07, 6.45) is 6.54. The van der Waals surface area contributed by atoms with Gasteiger partial charge in [0.1, 0.15) is 11.9 Å². The third-order valence-electron chi connectivity index (χ3n) is 5.81. The smallest absolute Gasteiger partial charge is 0.224 e. The van der Waals surface area contributed by atoms with Crippen LogP contribution >= 0.6 is 0 Å². The molecule has 159 valence electrons. The van der Waals surface area contributed by atoms with Gasteiger partial charge in [-0.05, 0) is 59.0 Å². The van der Waals surface area contributed by atoms with Gasteiger partial charge in [0.05, 0.1) is 17.9 Å². The number of ether oxygens (including phenoxy) is 1. The maximum absolute atomic E-state index is 15.8. The van der Waals surface area contributed by atoms with E-state index in [1.165, 1.54) is 0 Å². The number of halogens is 1. The molecule has 0 spiro atoms. The molecule has 1 aromatic rings. The van der Waals surface area contributed by atoms with E-state index in [0.717, 1.165) is 42.7 Å². The fourth-order valence-corrected chi connectivity index (χ4v) is 4.08. The minimum atomic E-state index is -0.292. The van der Waals surface area contributed by atoms with Gasteiger partial charge in [0.25, 0.3) is 0 Å². The zero-order valence-electron chi connectivity index (χ0n) is 17.6. The fraction of sp³-hybridized carbons (Fsp3) is 0.500. The highest BCUT2D eigenvalue weighted by atomic mass is 19.1. The molecule has 3 heterocycles. The topological polar surface area (TPSA) is 61.2 Å². The molecule has 0 aliphatic carbocycles. The normalized spacial score (nSPS) is 24.8. The molecular weight excluding hydrogens is 369 g/mol. The number of guanidine groups is 1. The minimum absolute atomic E-state index is 0. The molecule has 4 rings (SSSR count). The summed E-state index contributed by atoms with van der Waals surface area (Å²) in [5.41, 5.74) is 3.90. The van der Waals surface area contributed by atoms with Gasteiger partial charge in [-0.2, -0.15) is 0 Å². The first kappa shape index (κ1) is 20.0. The van der Waals surface area contributed by atoms with Crippen molar-refractivity contribution in [1.29, 1.82) is 0 Å². The molecule has 0 amide bonds. The van der Waals surface area contributed by atoms with E-state index in [1.54, 1.807) is 0 Å². The molecule has 0 aromatic heterocycles. The summed E-state index contributed by atoms with van der Waals surface area (Å²) in [4.78, 5) is 11.2. The van der Waals surface area contributed by atoms with E-state index in [4.69, 9.17) is 4.74 Å². The summed E-state index contributed by atoms with van der Waals surface area (Å²) < 4.78 is 21.6. The van der Waals surface area contributed by atoms with Crippen LogP contribution in [0.25, 0.3) is 5.57 Å². The van der Waals surface area contributed by atoms with Gasteiger partial charge in [-0.1, -0.05) is 6.08 Å². The lowest BCUT2D eigenvalue weighted by molar-refractivity contribution is 0.301. The molecule has 1 aromatic carbocycles. The van der Waals surface area contributed by atoms with Crippen LogP contribution < -0.4 is 15.4 Å². The number of benzene rings is 1. The van der Waals surface area contributed by atoms with E-state index >= 15 is 4.39 Å². The molecule has 3 aliphatic rings. The van der Waals surface area contributed by atoms with Gasteiger partial charge in [0.15, 0.2) is 5.82 Å². The number of fused-ring (bicyclic) bond motifs is 1. The van der Waals surface area contributed by atoms with Crippen LogP contribution in [0.15, 0.2) is 22.1 Å². The highest BCUT2D eigenvalue weighted by Crippen LogP contribution is 2.42. The Kier molecular flexibility index (Phi) is 5.69. The van der Waals surface area contributed by atoms with Gasteiger partial charge >= 0.3 is 0 Å². The molecule has 0 fully saturated rings. The van der Waals surface area contributed by atoms with E-state index in [9.17, 15) is 0 Å². The monoisotopic (exact) mass is 402 g/mol. The highest BCUT2D eigenvalue weighted by molar-refractivity contribution is 6.08. The molecule has 2 unspecified atom stereocenters. The van der Waals surface area contributed by atoms with E-state index in [1.807, 2.05) is 26.5 Å². The zero-order chi connectivity index (χ0) is 20.5. The van der Waals surface area contributed by atoms with Gasteiger partial charge < -0.3 is 15.0 Å². The number of nitrogens with one attached hydrogen (secondary N) is 2. The van der Waals surface area contributed by atoms with Crippen molar-refractivity contribution in [3.05, 3.63) is 35.5 Å². The average molecular weight is 403 g/mol. The number of nitrogens with zero attached hydrogens (tertiary/aromatic N) is 3. The van der Waals surface area contributed by atoms with Crippen LogP contribution in [-0.2, 0) is 6.42 Å². The zero-order valence-corrected chi connectivity index (χ0v) is 17.6. The Bertz CT molecular complexity index is 902. The SMILES string of the molecule is CNC1[CH]C(C)=NC(Nc2cc3c(c(C4=CC(C)N(C)CCC4)c2F)OCC3)=N1.[HH].[HH]. The molecule has 2 atom stereocenters. The lowest BCUT2D eigenvalue weighted by atomic mass is 9.95. The van der Waals surface area contributed by atoms with Crippen molar-refractivity contribution in [2.24, 2.45) is 9.98 Å². The summed E-state index contributed by atoms with van der Waals surface area (Å²) in [5.74, 6) is 0.818. The van der Waals surface area contributed by atoms with Crippen LogP contribution in [0.4, 0.5) is 10.1 Å². The number of hydrogen-bond donors (Lipinski definition) is 2. The van der Waals surface area contributed by atoms with Crippen molar-refractivity contribution < 1.29 is 12.0 Å². The Morgan fingerprint density at radius 2 is 2.17 bits per heavy atom. The maximum atomic E-state index is 15.8. The first-order valence-corrected chi connectivity index (χ1v) is 10.3. The highest BCUT2D eigenvalue weighted by Gasteiger charge is 2.28. The summed E-state index contributed by atoms with van der Waals surface area (Å²) in [6, 6.07) is 2.09. The lowest BCUT2D eigenvalue weighted by Gasteiger charge is -2.21. The Hall–Kier alpha value is -2.25. The van der Waals surface area contributed by atoms with Crippen LogP contribution in [0.5, 0.6) is 5.75 Å². The summed E-state index contributed by atoms with van der Waals surface area (Å²) in [7, 11) is 3.94. The van der Waals surface area contributed by atoms with Crippen molar-refractivity contribution in [2.45, 2.75) is 45.3 Å². The van der Waals surface area contributed by atoms with Crippen molar-refractivity contribution in [1.82, 2.24) is 10.2 Å². The molecule has 29 heavy (non-hydrogen) atoms. The second-order valence-electron chi connectivity index (χ2n) is 7.95. The standard InChI is InChI=1S/C22H29FN5O.2H2/c1-13-10-18(24-3)27-22(25-13)26-17-12-16-7-9-29-21(16)19(20(17)23)15-6-5-8-28(4)14(2)11-15;;/h10-12,14,18,24H,5-9H2,1-4H3,(H,26,27);2*1H. The van der Waals surface area contributed by atoms with E-state index in [2.05, 4.69) is 45.6 Å². The van der Waals surface area contributed by atoms with Crippen LogP contribution in [0, 0.1) is 12.2 Å². The molecule has 3 aliphatic heterocycles. The molecule has 0 bridgehead atoms. The second kappa shape index (κ2) is 8.24. The van der Waals surface area contributed by atoms with Gasteiger partial charge in [0.2, 0.25) is 5.96 Å². The fourth-order valence-electron chi connectivity index (χ4n) is 4.08. The second-order valence-corrected chi connectivity index (χ2v) is 7.95. The predicted octanol–water partition coefficient (Wildman–Crippen LogP) is 3.74. The summed E-state index contributed by atoms with van der Waals surface area (Å²) >= 11 is 0. The molecule has 0 saturated carbocycles. The number of aliphatic imine (C=N–C) groups is 2. The quantitative estimate of drug-likeness (QED) is 0.809. The predicted molar refractivity (Wildman–Crippen MR) is 120 cm³/mol. The van der Waals surface area contributed by atoms with Crippen molar-refractivity contribution in [3.8, 4) is 5.75 Å². The number of allylic oxidation sites excluding steroid dienone is 1. The van der Waals surface area contributed by atoms with E-state index in [0.29, 0.717) is 29.6 Å². The third kappa shape index (κ3) is 4.07. The third-order valence-corrected chi connectivity index (χ3v) is 5.81. The first-order chi connectivity index (χ1) is 14.0. The largest absolute Gasteiger partial charge is 0.492 e. The van der Waals surface area contributed by atoms with Crippen molar-refractivity contribution >= 4 is 22.9 Å². The van der Waals surface area contributed by atoms with Gasteiger partial charge in [-0.15, -0.1) is 0 Å². The molecule has 1 radical (unpaired) electrons. The number of rotatable bonds is 3. The number of hydrogen-bond acceptors (Lipinski definition) is 6. The van der Waals surface area contributed by atoms with Gasteiger partial charge in [-0.25, -0.2) is 14.4 Å². The molecule has 7 heteroatoms. The Balaban J connectivity index is 0.00000171. The van der Waals surface area contributed by atoms with Gasteiger partial charge in [0, 0.05) is 33.0 Å². The summed E-state index contributed by atoms with van der Waals surface area (Å²) in [6.45, 7) is 5.64. The number of anilines is 1. The minimum Gasteiger partial charge on any atom is -0.492 e. The summed E-state index contributed by atoms with van der Waals surface area (Å²) in [5, 5.41) is 6.22. The first-order valence-electron chi connectivity index (χ1n) is 10.3. The van der Waals surface area contributed by atoms with Crippen LogP contribution in [-0.4, -0.2) is 56.0 Å². The van der Waals surface area contributed by atoms with E-state index < -0.39 is 0 Å². The van der Waals surface area contributed by atoms with Crippen LogP contribution in [0.1, 0.15) is 40.7 Å². The van der Waals surface area contributed by atoms with Crippen molar-refractivity contribution in [2.75, 3.05) is 32.6 Å². The van der Waals surface area contributed by atoms with Crippen LogP contribution in [0.3, 0.4) is 0 Å².